The molecule has 0 saturated carbocycles. The fraction of sp³-hybridized carbons (Fsp3) is 0.500. The van der Waals surface area contributed by atoms with E-state index in [2.05, 4.69) is 51.2 Å². The van der Waals surface area contributed by atoms with Gasteiger partial charge in [0, 0.05) is 6.92 Å². The molecule has 0 aliphatic heterocycles. The smallest absolute Gasteiger partial charge is 0.307 e. The van der Waals surface area contributed by atoms with Crippen LogP contribution in [0.2, 0.25) is 0 Å². The molecule has 0 amide bonds. The van der Waals surface area contributed by atoms with Crippen molar-refractivity contribution in [1.82, 2.24) is 0 Å². The summed E-state index contributed by atoms with van der Waals surface area (Å²) in [6.45, 7) is 13.0. The lowest BCUT2D eigenvalue weighted by Gasteiger charge is -1.90. The molecule has 0 N–H and O–H groups in total. The first-order chi connectivity index (χ1) is 7.40. The van der Waals surface area contributed by atoms with Crippen LogP contribution in [0.3, 0.4) is 0 Å². The lowest BCUT2D eigenvalue weighted by Crippen LogP contribution is -1.87. The third-order valence-electron chi connectivity index (χ3n) is 1.52. The fourth-order valence-electron chi connectivity index (χ4n) is 0.861. The first-order valence-electron chi connectivity index (χ1n) is 5.45. The lowest BCUT2D eigenvalue weighted by molar-refractivity contribution is -0.135. The number of hydrogen-bond donors (Lipinski definition) is 0. The predicted molar refractivity (Wildman–Crippen MR) is 70.1 cm³/mol. The van der Waals surface area contributed by atoms with Crippen molar-refractivity contribution in [2.24, 2.45) is 0 Å². The van der Waals surface area contributed by atoms with Crippen LogP contribution in [0.1, 0.15) is 47.5 Å². The molecule has 0 aromatic rings. The average molecular weight is 224 g/mol. The molecule has 0 saturated heterocycles. The lowest BCUT2D eigenvalue weighted by atomic mass is 10.2. The molecule has 0 spiro atoms. The van der Waals surface area contributed by atoms with Gasteiger partial charge in [0.15, 0.2) is 0 Å². The third kappa shape index (κ3) is 23.0. The molecular weight excluding hydrogens is 200 g/mol. The van der Waals surface area contributed by atoms with Gasteiger partial charge in [-0.1, -0.05) is 29.9 Å². The van der Waals surface area contributed by atoms with Crippen LogP contribution in [0.25, 0.3) is 0 Å². The Balaban J connectivity index is 0. The van der Waals surface area contributed by atoms with Gasteiger partial charge in [0.05, 0.1) is 6.26 Å². The van der Waals surface area contributed by atoms with E-state index in [-0.39, 0.29) is 5.97 Å². The van der Waals surface area contributed by atoms with E-state index in [1.807, 2.05) is 0 Å². The fourth-order valence-corrected chi connectivity index (χ4v) is 0.861. The van der Waals surface area contributed by atoms with Crippen molar-refractivity contribution in [2.75, 3.05) is 0 Å². The Morgan fingerprint density at radius 3 is 1.50 bits per heavy atom. The summed E-state index contributed by atoms with van der Waals surface area (Å²) < 4.78 is 4.17. The van der Waals surface area contributed by atoms with Crippen LogP contribution in [0.5, 0.6) is 0 Å². The number of allylic oxidation sites excluding steroid dienone is 4. The van der Waals surface area contributed by atoms with E-state index in [9.17, 15) is 4.79 Å². The number of carbonyl (C=O) groups is 1. The molecule has 0 bridgehead atoms. The third-order valence-corrected chi connectivity index (χ3v) is 1.52. The Bertz CT molecular complexity index is 234. The van der Waals surface area contributed by atoms with Crippen LogP contribution in [0, 0.1) is 0 Å². The summed E-state index contributed by atoms with van der Waals surface area (Å²) in [4.78, 5) is 9.75. The van der Waals surface area contributed by atoms with E-state index >= 15 is 0 Å². The summed E-state index contributed by atoms with van der Waals surface area (Å²) in [6.07, 6.45) is 8.03. The molecule has 2 nitrogen and oxygen atoms in total. The molecule has 0 unspecified atom stereocenters. The van der Waals surface area contributed by atoms with Crippen LogP contribution in [-0.4, -0.2) is 5.97 Å². The second kappa shape index (κ2) is 11.8. The molecule has 16 heavy (non-hydrogen) atoms. The molecule has 2 heteroatoms. The van der Waals surface area contributed by atoms with Crippen LogP contribution in [-0.2, 0) is 9.53 Å². The molecule has 0 heterocycles. The molecule has 0 rings (SSSR count). The summed E-state index contributed by atoms with van der Waals surface area (Å²) in [7, 11) is 0. The Morgan fingerprint density at radius 1 is 1.00 bits per heavy atom. The summed E-state index contributed by atoms with van der Waals surface area (Å²) >= 11 is 0. The van der Waals surface area contributed by atoms with Gasteiger partial charge in [0.25, 0.3) is 0 Å². The van der Waals surface area contributed by atoms with Gasteiger partial charge in [-0.25, -0.2) is 0 Å². The SMILES string of the molecule is C=COC(C)=O.CC(C)=CCCC=C(C)C. The average Bonchev–Trinajstić information content (AvgIpc) is 2.12. The number of unbranched alkanes of at least 4 members (excludes halogenated alkanes) is 1. The minimum atomic E-state index is -0.329. The van der Waals surface area contributed by atoms with Gasteiger partial charge in [-0.2, -0.15) is 0 Å². The van der Waals surface area contributed by atoms with E-state index in [1.165, 1.54) is 30.9 Å². The zero-order valence-corrected chi connectivity index (χ0v) is 11.2. The zero-order chi connectivity index (χ0) is 13.0. The van der Waals surface area contributed by atoms with Crippen LogP contribution in [0.15, 0.2) is 36.1 Å². The second-order valence-electron chi connectivity index (χ2n) is 3.92. The minimum Gasteiger partial charge on any atom is -0.435 e. The van der Waals surface area contributed by atoms with Crippen molar-refractivity contribution in [3.8, 4) is 0 Å². The highest BCUT2D eigenvalue weighted by molar-refractivity contribution is 5.66. The second-order valence-corrected chi connectivity index (χ2v) is 3.92. The number of hydrogen-bond acceptors (Lipinski definition) is 2. The topological polar surface area (TPSA) is 26.3 Å². The molecule has 0 aliphatic rings. The van der Waals surface area contributed by atoms with Gasteiger partial charge in [-0.15, -0.1) is 0 Å². The maximum absolute atomic E-state index is 9.75. The van der Waals surface area contributed by atoms with Crippen molar-refractivity contribution < 1.29 is 9.53 Å². The standard InChI is InChI=1S/C10H18.C4H6O2/c1-9(2)7-5-6-8-10(3)4;1-3-6-4(2)5/h7-8H,5-6H2,1-4H3;3H,1H2,2H3. The van der Waals surface area contributed by atoms with Gasteiger partial charge in [0.2, 0.25) is 0 Å². The van der Waals surface area contributed by atoms with Crippen molar-refractivity contribution in [2.45, 2.75) is 47.5 Å². The molecule has 0 fully saturated rings. The Hall–Kier alpha value is -1.31. The summed E-state index contributed by atoms with van der Waals surface area (Å²) in [6, 6.07) is 0. The first kappa shape index (κ1) is 17.1. The van der Waals surface area contributed by atoms with Crippen molar-refractivity contribution in [3.05, 3.63) is 36.1 Å². The molecule has 0 atom stereocenters. The van der Waals surface area contributed by atoms with Crippen LogP contribution >= 0.6 is 0 Å². The van der Waals surface area contributed by atoms with Crippen molar-refractivity contribution in [3.63, 3.8) is 0 Å². The highest BCUT2D eigenvalue weighted by Gasteiger charge is 1.80. The van der Waals surface area contributed by atoms with E-state index in [0.717, 1.165) is 6.26 Å². The molecule has 0 aliphatic carbocycles. The molecule has 0 radical (unpaired) electrons. The van der Waals surface area contributed by atoms with Crippen LogP contribution in [0.4, 0.5) is 0 Å². The Morgan fingerprint density at radius 2 is 1.38 bits per heavy atom. The quantitative estimate of drug-likeness (QED) is 0.306. The van der Waals surface area contributed by atoms with E-state index in [0.29, 0.717) is 0 Å². The Labute approximate surface area is 99.7 Å². The Kier molecular flexibility index (Phi) is 12.6. The van der Waals surface area contributed by atoms with E-state index in [4.69, 9.17) is 0 Å². The monoisotopic (exact) mass is 224 g/mol. The van der Waals surface area contributed by atoms with Crippen molar-refractivity contribution >= 4 is 5.97 Å². The predicted octanol–water partition coefficient (Wildman–Crippen LogP) is 4.39. The van der Waals surface area contributed by atoms with E-state index < -0.39 is 0 Å². The number of rotatable bonds is 4. The van der Waals surface area contributed by atoms with Crippen LogP contribution < -0.4 is 0 Å². The van der Waals surface area contributed by atoms with Gasteiger partial charge in [0.1, 0.15) is 0 Å². The number of carbonyl (C=O) groups excluding carboxylic acids is 1. The van der Waals surface area contributed by atoms with E-state index in [1.54, 1.807) is 0 Å². The molecule has 0 aromatic heterocycles. The highest BCUT2D eigenvalue weighted by atomic mass is 16.5. The first-order valence-corrected chi connectivity index (χ1v) is 5.45. The zero-order valence-electron chi connectivity index (χ0n) is 11.2. The van der Waals surface area contributed by atoms with Gasteiger partial charge >= 0.3 is 5.97 Å². The minimum absolute atomic E-state index is 0.329. The largest absolute Gasteiger partial charge is 0.435 e. The molecular formula is C14H24O2. The maximum Gasteiger partial charge on any atom is 0.307 e. The van der Waals surface area contributed by atoms with Crippen molar-refractivity contribution in [1.29, 1.82) is 0 Å². The number of esters is 1. The normalized spacial score (nSPS) is 8.06. The number of ether oxygens (including phenoxy) is 1. The van der Waals surface area contributed by atoms with Gasteiger partial charge in [-0.3, -0.25) is 4.79 Å². The summed E-state index contributed by atoms with van der Waals surface area (Å²) in [5, 5.41) is 0. The molecule has 92 valence electrons. The van der Waals surface area contributed by atoms with Gasteiger partial charge < -0.3 is 4.74 Å². The summed E-state index contributed by atoms with van der Waals surface area (Å²) in [5.41, 5.74) is 2.84. The molecule has 0 aromatic carbocycles. The summed E-state index contributed by atoms with van der Waals surface area (Å²) in [5.74, 6) is -0.329. The maximum atomic E-state index is 9.75. The highest BCUT2D eigenvalue weighted by Crippen LogP contribution is 2.00. The van der Waals surface area contributed by atoms with Gasteiger partial charge in [-0.05, 0) is 40.5 Å².